The van der Waals surface area contributed by atoms with Gasteiger partial charge in [-0.1, -0.05) is 42.5 Å². The number of rotatable bonds is 7. The number of para-hydroxylation sites is 2. The zero-order valence-corrected chi connectivity index (χ0v) is 16.0. The Morgan fingerprint density at radius 1 is 1.04 bits per heavy atom. The second-order valence-electron chi connectivity index (χ2n) is 6.86. The Balaban J connectivity index is 1.68. The number of carbonyl (C=O) groups excluding carboxylic acids is 2. The molecule has 6 heteroatoms. The van der Waals surface area contributed by atoms with Crippen molar-refractivity contribution in [3.8, 4) is 5.75 Å². The fraction of sp³-hybridized carbons (Fsp3) is 0.364. The van der Waals surface area contributed by atoms with Crippen molar-refractivity contribution in [2.75, 3.05) is 12.4 Å². The predicted octanol–water partition coefficient (Wildman–Crippen LogP) is 4.43. The van der Waals surface area contributed by atoms with E-state index in [1.54, 1.807) is 0 Å². The summed E-state index contributed by atoms with van der Waals surface area (Å²) in [5.74, 6) is 0.271. The summed E-state index contributed by atoms with van der Waals surface area (Å²) in [5.41, 5.74) is 1.44. The topological polar surface area (TPSA) is 76.7 Å². The van der Waals surface area contributed by atoms with Crippen LogP contribution in [0.4, 0.5) is 10.5 Å². The Hall–Kier alpha value is -3.02. The summed E-state index contributed by atoms with van der Waals surface area (Å²) >= 11 is 0. The lowest BCUT2D eigenvalue weighted by Crippen LogP contribution is -2.34. The third kappa shape index (κ3) is 5.49. The minimum atomic E-state index is -0.489. The van der Waals surface area contributed by atoms with Crippen LogP contribution in [0.5, 0.6) is 5.75 Å². The molecule has 1 aliphatic rings. The van der Waals surface area contributed by atoms with Gasteiger partial charge in [-0.2, -0.15) is 0 Å². The van der Waals surface area contributed by atoms with Crippen LogP contribution in [-0.2, 0) is 9.53 Å². The lowest BCUT2D eigenvalue weighted by molar-refractivity contribution is -0.141. The molecule has 0 aliphatic heterocycles. The minimum Gasteiger partial charge on any atom is -0.488 e. The maximum absolute atomic E-state index is 12.6. The highest BCUT2D eigenvalue weighted by atomic mass is 16.5. The number of benzene rings is 2. The summed E-state index contributed by atoms with van der Waals surface area (Å²) in [4.78, 5) is 24.4. The Bertz CT molecular complexity index is 788. The van der Waals surface area contributed by atoms with Crippen molar-refractivity contribution in [1.82, 2.24) is 5.32 Å². The van der Waals surface area contributed by atoms with Crippen molar-refractivity contribution in [3.05, 3.63) is 60.2 Å². The average molecular weight is 382 g/mol. The molecule has 2 N–H and O–H groups in total. The van der Waals surface area contributed by atoms with Gasteiger partial charge in [0, 0.05) is 0 Å². The van der Waals surface area contributed by atoms with Crippen molar-refractivity contribution in [2.24, 2.45) is 0 Å². The van der Waals surface area contributed by atoms with E-state index in [1.165, 1.54) is 20.0 Å². The number of nitrogens with one attached hydrogen (secondary N) is 2. The van der Waals surface area contributed by atoms with E-state index in [0.717, 1.165) is 18.4 Å². The van der Waals surface area contributed by atoms with E-state index in [0.29, 0.717) is 11.4 Å². The molecule has 0 spiro atoms. The zero-order valence-electron chi connectivity index (χ0n) is 16.0. The van der Waals surface area contributed by atoms with Gasteiger partial charge in [-0.25, -0.2) is 4.79 Å². The fourth-order valence-electron chi connectivity index (χ4n) is 3.36. The molecule has 2 amide bonds. The maximum atomic E-state index is 12.6. The predicted molar refractivity (Wildman–Crippen MR) is 107 cm³/mol. The second kappa shape index (κ2) is 9.78. The van der Waals surface area contributed by atoms with Crippen molar-refractivity contribution in [2.45, 2.75) is 44.2 Å². The van der Waals surface area contributed by atoms with Crippen LogP contribution in [0.2, 0.25) is 0 Å². The summed E-state index contributed by atoms with van der Waals surface area (Å²) < 4.78 is 10.8. The first kappa shape index (κ1) is 19.7. The van der Waals surface area contributed by atoms with E-state index >= 15 is 0 Å². The molecule has 0 bridgehead atoms. The van der Waals surface area contributed by atoms with Gasteiger partial charge >= 0.3 is 12.0 Å². The van der Waals surface area contributed by atoms with E-state index in [9.17, 15) is 9.59 Å². The molecule has 1 fully saturated rings. The fourth-order valence-corrected chi connectivity index (χ4v) is 3.36. The van der Waals surface area contributed by atoms with E-state index < -0.39 is 12.1 Å². The first-order chi connectivity index (χ1) is 13.7. The molecule has 148 valence electrons. The normalized spacial score (nSPS) is 14.9. The largest absolute Gasteiger partial charge is 0.488 e. The van der Waals surface area contributed by atoms with Crippen LogP contribution in [0.3, 0.4) is 0 Å². The van der Waals surface area contributed by atoms with Gasteiger partial charge in [0.25, 0.3) is 0 Å². The zero-order chi connectivity index (χ0) is 19.8. The average Bonchev–Trinajstić information content (AvgIpc) is 3.22. The standard InChI is InChI=1S/C22H26N2O4/c1-27-21(25)15-19(16-9-3-2-4-10-16)24-22(26)23-18-13-7-8-14-20(18)28-17-11-5-6-12-17/h2-4,7-10,13-14,17,19H,5-6,11-12,15H2,1H3,(H2,23,24,26). The van der Waals surface area contributed by atoms with Crippen molar-refractivity contribution >= 4 is 17.7 Å². The monoisotopic (exact) mass is 382 g/mol. The SMILES string of the molecule is COC(=O)CC(NC(=O)Nc1ccccc1OC1CCCC1)c1ccccc1. The molecular weight excluding hydrogens is 356 g/mol. The van der Waals surface area contributed by atoms with Gasteiger partial charge < -0.3 is 20.1 Å². The number of ether oxygens (including phenoxy) is 2. The Morgan fingerprint density at radius 3 is 2.43 bits per heavy atom. The van der Waals surface area contributed by atoms with Crippen LogP contribution >= 0.6 is 0 Å². The molecule has 1 unspecified atom stereocenters. The quantitative estimate of drug-likeness (QED) is 0.695. The highest BCUT2D eigenvalue weighted by Crippen LogP contribution is 2.29. The maximum Gasteiger partial charge on any atom is 0.319 e. The van der Waals surface area contributed by atoms with Crippen molar-refractivity contribution < 1.29 is 19.1 Å². The summed E-state index contributed by atoms with van der Waals surface area (Å²) in [5, 5.41) is 5.71. The molecule has 28 heavy (non-hydrogen) atoms. The number of amides is 2. The lowest BCUT2D eigenvalue weighted by Gasteiger charge is -2.20. The van der Waals surface area contributed by atoms with Gasteiger partial charge in [-0.3, -0.25) is 4.79 Å². The lowest BCUT2D eigenvalue weighted by atomic mass is 10.0. The second-order valence-corrected chi connectivity index (χ2v) is 6.86. The van der Waals surface area contributed by atoms with Gasteiger partial charge in [0.1, 0.15) is 5.75 Å². The molecule has 0 saturated heterocycles. The molecule has 1 aliphatic carbocycles. The number of carbonyl (C=O) groups is 2. The highest BCUT2D eigenvalue weighted by molar-refractivity contribution is 5.91. The number of hydrogen-bond acceptors (Lipinski definition) is 4. The molecular formula is C22H26N2O4. The number of esters is 1. The van der Waals surface area contributed by atoms with Gasteiger partial charge in [-0.05, 0) is 43.4 Å². The molecule has 0 aromatic heterocycles. The first-order valence-electron chi connectivity index (χ1n) is 9.60. The molecule has 6 nitrogen and oxygen atoms in total. The summed E-state index contributed by atoms with van der Waals surface area (Å²) in [7, 11) is 1.33. The third-order valence-corrected chi connectivity index (χ3v) is 4.84. The van der Waals surface area contributed by atoms with Crippen LogP contribution in [0.25, 0.3) is 0 Å². The number of anilines is 1. The number of methoxy groups -OCH3 is 1. The van der Waals surface area contributed by atoms with Gasteiger partial charge in [0.05, 0.1) is 31.4 Å². The molecule has 1 saturated carbocycles. The molecule has 1 atom stereocenters. The molecule has 3 rings (SSSR count). The Labute approximate surface area is 165 Å². The van der Waals surface area contributed by atoms with Gasteiger partial charge in [-0.15, -0.1) is 0 Å². The van der Waals surface area contributed by atoms with E-state index in [-0.39, 0.29) is 18.5 Å². The molecule has 2 aromatic rings. The highest BCUT2D eigenvalue weighted by Gasteiger charge is 2.21. The van der Waals surface area contributed by atoms with E-state index in [2.05, 4.69) is 10.6 Å². The summed E-state index contributed by atoms with van der Waals surface area (Å²) in [6.45, 7) is 0. The van der Waals surface area contributed by atoms with Crippen molar-refractivity contribution in [1.29, 1.82) is 0 Å². The van der Waals surface area contributed by atoms with Crippen LogP contribution in [0.1, 0.15) is 43.7 Å². The van der Waals surface area contributed by atoms with Crippen LogP contribution in [0, 0.1) is 0 Å². The first-order valence-corrected chi connectivity index (χ1v) is 9.60. The summed E-state index contributed by atoms with van der Waals surface area (Å²) in [6, 6.07) is 15.9. The van der Waals surface area contributed by atoms with Crippen LogP contribution in [0.15, 0.2) is 54.6 Å². The molecule has 0 heterocycles. The smallest absolute Gasteiger partial charge is 0.319 e. The van der Waals surface area contributed by atoms with Gasteiger partial charge in [0.2, 0.25) is 0 Å². The van der Waals surface area contributed by atoms with E-state index in [4.69, 9.17) is 9.47 Å². The Kier molecular flexibility index (Phi) is 6.89. The minimum absolute atomic E-state index is 0.0498. The van der Waals surface area contributed by atoms with Crippen LogP contribution < -0.4 is 15.4 Å². The summed E-state index contributed by atoms with van der Waals surface area (Å²) in [6.07, 6.45) is 4.67. The molecule has 0 radical (unpaired) electrons. The number of hydrogen-bond donors (Lipinski definition) is 2. The number of urea groups is 1. The van der Waals surface area contributed by atoms with E-state index in [1.807, 2.05) is 54.6 Å². The van der Waals surface area contributed by atoms with Gasteiger partial charge in [0.15, 0.2) is 0 Å². The Morgan fingerprint density at radius 2 is 1.71 bits per heavy atom. The third-order valence-electron chi connectivity index (χ3n) is 4.84. The van der Waals surface area contributed by atoms with Crippen molar-refractivity contribution in [3.63, 3.8) is 0 Å². The van der Waals surface area contributed by atoms with Crippen LogP contribution in [-0.4, -0.2) is 25.2 Å². The molecule has 2 aromatic carbocycles.